The molecule has 0 radical (unpaired) electrons. The maximum Gasteiger partial charge on any atom is 0.435 e. The highest BCUT2D eigenvalue weighted by atomic mass is 35.5. The van der Waals surface area contributed by atoms with Crippen LogP contribution in [0.1, 0.15) is 33.1 Å². The van der Waals surface area contributed by atoms with Crippen LogP contribution in [0.2, 0.25) is 5.02 Å². The number of alkyl halides is 3. The Morgan fingerprint density at radius 1 is 1.07 bits per heavy atom. The van der Waals surface area contributed by atoms with Gasteiger partial charge in [0.05, 0.1) is 66.5 Å². The Labute approximate surface area is 312 Å². The van der Waals surface area contributed by atoms with E-state index in [4.69, 9.17) is 27.2 Å². The van der Waals surface area contributed by atoms with Crippen molar-refractivity contribution >= 4 is 47.2 Å². The summed E-state index contributed by atoms with van der Waals surface area (Å²) in [5.74, 6) is -1.71. The monoisotopic (exact) mass is 774 g/mol. The molecule has 2 saturated heterocycles. The van der Waals surface area contributed by atoms with Gasteiger partial charge in [-0.25, -0.2) is 14.6 Å². The normalized spacial score (nSPS) is 18.4. The molecule has 16 nitrogen and oxygen atoms in total. The number of hydrogen-bond acceptors (Lipinski definition) is 10. The smallest absolute Gasteiger partial charge is 0.435 e. The molecule has 1 aromatic carbocycles. The second kappa shape index (κ2) is 15.8. The van der Waals surface area contributed by atoms with Gasteiger partial charge >= 0.3 is 6.18 Å². The van der Waals surface area contributed by atoms with Crippen molar-refractivity contribution in [2.24, 2.45) is 13.0 Å². The lowest BCUT2D eigenvalue weighted by atomic mass is 9.91. The maximum atomic E-state index is 14.0. The molecule has 6 rings (SSSR count). The Bertz CT molecular complexity index is 2030. The number of nitrogens with zero attached hydrogens (tertiary/aromatic N) is 8. The predicted octanol–water partition coefficient (Wildman–Crippen LogP) is 1.28. The summed E-state index contributed by atoms with van der Waals surface area (Å²) in [6.07, 6.45) is -1.36. The van der Waals surface area contributed by atoms with E-state index in [0.717, 1.165) is 23.6 Å². The number of hydrogen-bond donors (Lipinski definition) is 3. The van der Waals surface area contributed by atoms with Crippen molar-refractivity contribution in [1.29, 1.82) is 0 Å². The van der Waals surface area contributed by atoms with Crippen molar-refractivity contribution in [3.8, 4) is 17.1 Å². The number of piperazine rings is 1. The molecule has 2 fully saturated rings. The second-order valence-corrected chi connectivity index (χ2v) is 13.9. The van der Waals surface area contributed by atoms with E-state index in [1.54, 1.807) is 9.80 Å². The number of rotatable bonds is 6. The summed E-state index contributed by atoms with van der Waals surface area (Å²) in [5, 5.41) is 25.2. The van der Waals surface area contributed by atoms with Crippen LogP contribution in [0.3, 0.4) is 0 Å². The lowest BCUT2D eigenvalue weighted by Gasteiger charge is -2.42. The standard InChI is InChI=1S/C33H36ClF3N10O4.CH2O2/c1-43-25(23-17-46(42-28(23)33(35,36)37)27-7-4-19(38)15-39-27)16-40-29(43)30(49)41-20-5-6-21(24(34)14-20)31(50)44-9-11-45(12-10-44)32(51)22-8-13-47(2,3)18-26(22)48;2-1-3/h4-7,14-17,22,26,48H,8-13,18,38H2,1-3H3;1H,(H,2,3)/t22-,26-;/m0./s1. The largest absolute Gasteiger partial charge is 0.554 e. The first-order valence-electron chi connectivity index (χ1n) is 16.6. The number of amides is 3. The van der Waals surface area contributed by atoms with Gasteiger partial charge < -0.3 is 44.9 Å². The summed E-state index contributed by atoms with van der Waals surface area (Å²) in [5.41, 5.74) is 4.87. The van der Waals surface area contributed by atoms with Crippen LogP contribution in [0.25, 0.3) is 17.1 Å². The lowest BCUT2D eigenvalue weighted by Crippen LogP contribution is -2.58. The topological polar surface area (TPSA) is 205 Å². The number of pyridine rings is 1. The van der Waals surface area contributed by atoms with Gasteiger partial charge in [-0.15, -0.1) is 0 Å². The van der Waals surface area contributed by atoms with E-state index in [2.05, 4.69) is 20.4 Å². The molecule has 2 aliphatic heterocycles. The van der Waals surface area contributed by atoms with Gasteiger partial charge in [0.2, 0.25) is 5.91 Å². The zero-order chi connectivity index (χ0) is 39.5. The van der Waals surface area contributed by atoms with Gasteiger partial charge in [0.15, 0.2) is 17.3 Å². The zero-order valence-corrected chi connectivity index (χ0v) is 30.2. The van der Waals surface area contributed by atoms with Gasteiger partial charge in [-0.3, -0.25) is 14.4 Å². The Hall–Kier alpha value is -5.53. The van der Waals surface area contributed by atoms with E-state index in [1.807, 2.05) is 14.1 Å². The average molecular weight is 775 g/mol. The molecule has 2 atom stereocenters. The number of likely N-dealkylation sites (N-methyl/N-ethyl adjacent to an activating group) is 1. The summed E-state index contributed by atoms with van der Waals surface area (Å²) < 4.78 is 44.9. The van der Waals surface area contributed by atoms with Crippen LogP contribution in [0.4, 0.5) is 24.5 Å². The van der Waals surface area contributed by atoms with E-state index < -0.39 is 36.3 Å². The number of aliphatic hydroxyl groups is 1. The fourth-order valence-electron chi connectivity index (χ4n) is 6.47. The number of quaternary nitrogens is 1. The number of carbonyl (C=O) groups excluding carboxylic acids is 4. The van der Waals surface area contributed by atoms with E-state index in [0.29, 0.717) is 36.2 Å². The van der Waals surface area contributed by atoms with Crippen molar-refractivity contribution in [3.05, 3.63) is 71.0 Å². The fourth-order valence-corrected chi connectivity index (χ4v) is 6.74. The number of benzene rings is 1. The van der Waals surface area contributed by atoms with Crippen LogP contribution < -0.4 is 16.2 Å². The molecule has 2 aliphatic rings. The summed E-state index contributed by atoms with van der Waals surface area (Å²) in [6, 6.07) is 7.25. The maximum absolute atomic E-state index is 14.0. The molecule has 20 heteroatoms. The van der Waals surface area contributed by atoms with Gasteiger partial charge in [0.1, 0.15) is 12.6 Å². The minimum Gasteiger partial charge on any atom is -0.554 e. The molecule has 0 aliphatic carbocycles. The summed E-state index contributed by atoms with van der Waals surface area (Å²) in [4.78, 5) is 59.4. The number of carboxylic acid groups (broad SMARTS) is 1. The number of piperidine rings is 1. The third-order valence-electron chi connectivity index (χ3n) is 9.30. The predicted molar refractivity (Wildman–Crippen MR) is 187 cm³/mol. The minimum absolute atomic E-state index is 0.0203. The SMILES string of the molecule is Cn1c(-c2cn(-c3ccc(N)cn3)nc2C(F)(F)F)cnc1C(=O)Nc1ccc(C(=O)N2CCN(C(=O)[C@H]3CC[N+](C)(C)C[C@@H]3O)CC2)c(Cl)c1.O=C[O-]. The number of imidazole rings is 1. The Morgan fingerprint density at radius 3 is 2.33 bits per heavy atom. The van der Waals surface area contributed by atoms with Crippen molar-refractivity contribution in [2.75, 3.05) is 64.4 Å². The van der Waals surface area contributed by atoms with Crippen LogP contribution in [-0.4, -0.2) is 127 Å². The number of nitrogen functional groups attached to an aromatic ring is 1. The number of likely N-dealkylation sites (tertiary alicyclic amines) is 1. The lowest BCUT2D eigenvalue weighted by molar-refractivity contribution is -0.899. The third-order valence-corrected chi connectivity index (χ3v) is 9.61. The van der Waals surface area contributed by atoms with Crippen LogP contribution in [0.15, 0.2) is 48.9 Å². The number of nitrogens with two attached hydrogens (primary N) is 1. The Balaban J connectivity index is 0.00000181. The number of nitrogens with one attached hydrogen (secondary N) is 1. The minimum atomic E-state index is -4.82. The molecule has 54 heavy (non-hydrogen) atoms. The van der Waals surface area contributed by atoms with Crippen molar-refractivity contribution in [1.82, 2.24) is 34.1 Å². The van der Waals surface area contributed by atoms with E-state index in [9.17, 15) is 32.7 Å². The summed E-state index contributed by atoms with van der Waals surface area (Å²) in [6.45, 7) is 2.03. The van der Waals surface area contributed by atoms with Gasteiger partial charge in [-0.1, -0.05) is 11.6 Å². The summed E-state index contributed by atoms with van der Waals surface area (Å²) >= 11 is 6.49. The van der Waals surface area contributed by atoms with Gasteiger partial charge in [0, 0.05) is 58.0 Å². The number of aliphatic hydroxyl groups excluding tert-OH is 1. The Kier molecular flexibility index (Phi) is 11.6. The fraction of sp³-hybridized carbons (Fsp3) is 0.382. The van der Waals surface area contributed by atoms with Crippen LogP contribution in [0.5, 0.6) is 0 Å². The van der Waals surface area contributed by atoms with E-state index in [-0.39, 0.29) is 64.1 Å². The molecule has 3 aromatic heterocycles. The Morgan fingerprint density at radius 2 is 1.74 bits per heavy atom. The van der Waals surface area contributed by atoms with Crippen LogP contribution >= 0.6 is 11.6 Å². The molecule has 0 unspecified atom stereocenters. The van der Waals surface area contributed by atoms with Crippen LogP contribution in [-0.2, 0) is 22.8 Å². The molecule has 3 amide bonds. The van der Waals surface area contributed by atoms with Crippen molar-refractivity contribution in [2.45, 2.75) is 18.7 Å². The van der Waals surface area contributed by atoms with Crippen LogP contribution in [0, 0.1) is 5.92 Å². The zero-order valence-electron chi connectivity index (χ0n) is 29.5. The molecule has 0 saturated carbocycles. The van der Waals surface area contributed by atoms with Crippen molar-refractivity contribution in [3.63, 3.8) is 0 Å². The molecule has 4 aromatic rings. The molecule has 0 spiro atoms. The number of aromatic nitrogens is 5. The molecule has 5 heterocycles. The number of anilines is 2. The molecule has 288 valence electrons. The molecular formula is C34H38ClF3N10O6. The quantitative estimate of drug-likeness (QED) is 0.189. The number of carbonyl (C=O) groups is 4. The molecule has 4 N–H and O–H groups in total. The molecule has 0 bridgehead atoms. The average Bonchev–Trinajstić information content (AvgIpc) is 3.72. The van der Waals surface area contributed by atoms with Gasteiger partial charge in [0.25, 0.3) is 11.8 Å². The first kappa shape index (κ1) is 39.7. The second-order valence-electron chi connectivity index (χ2n) is 13.5. The number of halogens is 4. The van der Waals surface area contributed by atoms with Gasteiger partial charge in [-0.2, -0.15) is 18.3 Å². The highest BCUT2D eigenvalue weighted by Gasteiger charge is 2.41. The van der Waals surface area contributed by atoms with Gasteiger partial charge in [-0.05, 0) is 30.3 Å². The summed E-state index contributed by atoms with van der Waals surface area (Å²) in [7, 11) is 5.45. The first-order chi connectivity index (χ1) is 25.4. The van der Waals surface area contributed by atoms with Crippen molar-refractivity contribution < 1.29 is 47.0 Å². The van der Waals surface area contributed by atoms with E-state index >= 15 is 0 Å². The first-order valence-corrected chi connectivity index (χ1v) is 17.0. The highest BCUT2D eigenvalue weighted by molar-refractivity contribution is 6.34. The highest BCUT2D eigenvalue weighted by Crippen LogP contribution is 2.37. The molecular weight excluding hydrogens is 737 g/mol. The van der Waals surface area contributed by atoms with E-state index in [1.165, 1.54) is 48.1 Å². The third kappa shape index (κ3) is 8.64.